The maximum Gasteiger partial charge on any atom is 0.244 e. The predicted octanol–water partition coefficient (Wildman–Crippen LogP) is 1.87. The number of nitrogens with zero attached hydrogens (tertiary/aromatic N) is 3. The number of morpholine rings is 1. The standard InChI is InChI=1S/C17H28N4O3/c1-10(2)15(17-19-16(20-24-17)13-5-6-13)18-7-14(22)21-8-11(3)23-12(4)9-21/h10-13,15,18H,5-9H2,1-4H3/t11-,12+,15-/m1/s1. The third-order valence-electron chi connectivity index (χ3n) is 4.58. The summed E-state index contributed by atoms with van der Waals surface area (Å²) in [5, 5.41) is 7.39. The average Bonchev–Trinajstić information content (AvgIpc) is 3.25. The van der Waals surface area contributed by atoms with Crippen LogP contribution in [0.25, 0.3) is 0 Å². The van der Waals surface area contributed by atoms with Gasteiger partial charge in [-0.05, 0) is 32.6 Å². The molecule has 2 fully saturated rings. The van der Waals surface area contributed by atoms with Crippen molar-refractivity contribution >= 4 is 5.91 Å². The van der Waals surface area contributed by atoms with E-state index < -0.39 is 0 Å². The number of hydrogen-bond acceptors (Lipinski definition) is 6. The predicted molar refractivity (Wildman–Crippen MR) is 88.4 cm³/mol. The lowest BCUT2D eigenvalue weighted by Gasteiger charge is -2.35. The minimum absolute atomic E-state index is 0.0793. The van der Waals surface area contributed by atoms with Gasteiger partial charge in [0.15, 0.2) is 5.82 Å². The van der Waals surface area contributed by atoms with Gasteiger partial charge < -0.3 is 14.2 Å². The largest absolute Gasteiger partial charge is 0.372 e. The highest BCUT2D eigenvalue weighted by Crippen LogP contribution is 2.38. The fourth-order valence-electron chi connectivity index (χ4n) is 3.18. The van der Waals surface area contributed by atoms with Crippen molar-refractivity contribution in [3.8, 4) is 0 Å². The molecule has 0 unspecified atom stereocenters. The first-order chi connectivity index (χ1) is 11.4. The first-order valence-corrected chi connectivity index (χ1v) is 8.94. The lowest BCUT2D eigenvalue weighted by atomic mass is 10.0. The summed E-state index contributed by atoms with van der Waals surface area (Å²) in [4.78, 5) is 18.9. The Morgan fingerprint density at radius 3 is 2.54 bits per heavy atom. The highest BCUT2D eigenvalue weighted by molar-refractivity contribution is 5.78. The Kier molecular flexibility index (Phi) is 5.20. The Morgan fingerprint density at radius 2 is 1.96 bits per heavy atom. The lowest BCUT2D eigenvalue weighted by Crippen LogP contribution is -2.51. The monoisotopic (exact) mass is 336 g/mol. The van der Waals surface area contributed by atoms with Crippen molar-refractivity contribution in [1.82, 2.24) is 20.4 Å². The number of hydrogen-bond donors (Lipinski definition) is 1. The molecule has 134 valence electrons. The van der Waals surface area contributed by atoms with Gasteiger partial charge in [0.05, 0.1) is 24.8 Å². The number of nitrogens with one attached hydrogen (secondary N) is 1. The van der Waals surface area contributed by atoms with E-state index in [4.69, 9.17) is 9.26 Å². The molecule has 1 aliphatic heterocycles. The Hall–Kier alpha value is -1.47. The molecule has 1 aromatic rings. The van der Waals surface area contributed by atoms with E-state index in [2.05, 4.69) is 29.3 Å². The molecule has 2 heterocycles. The molecular formula is C17H28N4O3. The number of rotatable bonds is 6. The van der Waals surface area contributed by atoms with Gasteiger partial charge in [-0.15, -0.1) is 0 Å². The topological polar surface area (TPSA) is 80.5 Å². The summed E-state index contributed by atoms with van der Waals surface area (Å²) in [6.45, 7) is 9.72. The van der Waals surface area contributed by atoms with Gasteiger partial charge in [0.1, 0.15) is 0 Å². The first-order valence-electron chi connectivity index (χ1n) is 8.94. The molecule has 3 rings (SSSR count). The van der Waals surface area contributed by atoms with Gasteiger partial charge in [0.25, 0.3) is 0 Å². The molecule has 1 N–H and O–H groups in total. The second-order valence-electron chi connectivity index (χ2n) is 7.42. The molecule has 2 aliphatic rings. The van der Waals surface area contributed by atoms with E-state index in [1.807, 2.05) is 18.7 Å². The molecule has 1 saturated heterocycles. The van der Waals surface area contributed by atoms with E-state index in [-0.39, 0.29) is 36.6 Å². The molecule has 7 nitrogen and oxygen atoms in total. The zero-order chi connectivity index (χ0) is 17.3. The molecule has 7 heteroatoms. The zero-order valence-electron chi connectivity index (χ0n) is 15.0. The first kappa shape index (κ1) is 17.4. The minimum atomic E-state index is -0.107. The molecule has 1 aromatic heterocycles. The fourth-order valence-corrected chi connectivity index (χ4v) is 3.18. The van der Waals surface area contributed by atoms with E-state index in [1.165, 1.54) is 0 Å². The number of carbonyl (C=O) groups excluding carboxylic acids is 1. The minimum Gasteiger partial charge on any atom is -0.372 e. The third-order valence-corrected chi connectivity index (χ3v) is 4.58. The van der Waals surface area contributed by atoms with Gasteiger partial charge in [-0.2, -0.15) is 4.98 Å². The van der Waals surface area contributed by atoms with Crippen molar-refractivity contribution in [2.24, 2.45) is 5.92 Å². The Bertz CT molecular complexity index is 560. The molecule has 1 aliphatic carbocycles. The van der Waals surface area contributed by atoms with E-state index >= 15 is 0 Å². The van der Waals surface area contributed by atoms with Gasteiger partial charge in [-0.1, -0.05) is 19.0 Å². The van der Waals surface area contributed by atoms with Crippen molar-refractivity contribution in [2.45, 2.75) is 64.7 Å². The van der Waals surface area contributed by atoms with Crippen LogP contribution in [-0.4, -0.2) is 52.8 Å². The molecule has 0 radical (unpaired) electrons. The van der Waals surface area contributed by atoms with Gasteiger partial charge in [-0.3, -0.25) is 10.1 Å². The molecule has 0 bridgehead atoms. The maximum absolute atomic E-state index is 12.5. The zero-order valence-corrected chi connectivity index (χ0v) is 15.0. The van der Waals surface area contributed by atoms with Crippen LogP contribution in [-0.2, 0) is 9.53 Å². The highest BCUT2D eigenvalue weighted by atomic mass is 16.5. The fraction of sp³-hybridized carbons (Fsp3) is 0.824. The quantitative estimate of drug-likeness (QED) is 0.854. The molecule has 0 spiro atoms. The molecular weight excluding hydrogens is 308 g/mol. The van der Waals surface area contributed by atoms with Crippen LogP contribution >= 0.6 is 0 Å². The summed E-state index contributed by atoms with van der Waals surface area (Å²) >= 11 is 0. The third kappa shape index (κ3) is 4.13. The van der Waals surface area contributed by atoms with Gasteiger partial charge >= 0.3 is 0 Å². The second kappa shape index (κ2) is 7.19. The Morgan fingerprint density at radius 1 is 1.29 bits per heavy atom. The summed E-state index contributed by atoms with van der Waals surface area (Å²) < 4.78 is 11.1. The van der Waals surface area contributed by atoms with Gasteiger partial charge in [0.2, 0.25) is 11.8 Å². The van der Waals surface area contributed by atoms with Crippen LogP contribution < -0.4 is 5.32 Å². The molecule has 1 saturated carbocycles. The van der Waals surface area contributed by atoms with Crippen LogP contribution in [0.15, 0.2) is 4.52 Å². The summed E-state index contributed by atoms with van der Waals surface area (Å²) in [6, 6.07) is -0.107. The summed E-state index contributed by atoms with van der Waals surface area (Å²) in [6.07, 6.45) is 2.45. The Balaban J connectivity index is 1.58. The van der Waals surface area contributed by atoms with E-state index in [0.29, 0.717) is 24.9 Å². The Labute approximate surface area is 143 Å². The SMILES string of the molecule is CC(C)[C@@H](NCC(=O)N1C[C@@H](C)O[C@@H](C)C1)c1nc(C2CC2)no1. The van der Waals surface area contributed by atoms with Crippen molar-refractivity contribution in [2.75, 3.05) is 19.6 Å². The highest BCUT2D eigenvalue weighted by Gasteiger charge is 2.32. The van der Waals surface area contributed by atoms with Gasteiger partial charge in [-0.25, -0.2) is 0 Å². The molecule has 1 amide bonds. The van der Waals surface area contributed by atoms with E-state index in [0.717, 1.165) is 18.7 Å². The molecule has 0 aromatic carbocycles. The number of carbonyl (C=O) groups is 1. The van der Waals surface area contributed by atoms with Crippen LogP contribution in [0.1, 0.15) is 64.2 Å². The second-order valence-corrected chi connectivity index (χ2v) is 7.42. The molecule has 24 heavy (non-hydrogen) atoms. The van der Waals surface area contributed by atoms with Crippen LogP contribution in [0.3, 0.4) is 0 Å². The number of aromatic nitrogens is 2. The summed E-state index contributed by atoms with van der Waals surface area (Å²) in [7, 11) is 0. The van der Waals surface area contributed by atoms with Crippen LogP contribution in [0.2, 0.25) is 0 Å². The summed E-state index contributed by atoms with van der Waals surface area (Å²) in [5.74, 6) is 2.20. The molecule has 3 atom stereocenters. The average molecular weight is 336 g/mol. The van der Waals surface area contributed by atoms with Crippen molar-refractivity contribution < 1.29 is 14.1 Å². The summed E-state index contributed by atoms with van der Waals surface area (Å²) in [5.41, 5.74) is 0. The van der Waals surface area contributed by atoms with Crippen LogP contribution in [0.4, 0.5) is 0 Å². The van der Waals surface area contributed by atoms with Crippen LogP contribution in [0, 0.1) is 5.92 Å². The maximum atomic E-state index is 12.5. The van der Waals surface area contributed by atoms with Crippen molar-refractivity contribution in [1.29, 1.82) is 0 Å². The number of ether oxygens (including phenoxy) is 1. The van der Waals surface area contributed by atoms with Crippen LogP contribution in [0.5, 0.6) is 0 Å². The van der Waals surface area contributed by atoms with Crippen molar-refractivity contribution in [3.05, 3.63) is 11.7 Å². The van der Waals surface area contributed by atoms with E-state index in [9.17, 15) is 4.79 Å². The van der Waals surface area contributed by atoms with Crippen molar-refractivity contribution in [3.63, 3.8) is 0 Å². The number of amides is 1. The normalized spacial score (nSPS) is 26.0. The van der Waals surface area contributed by atoms with E-state index in [1.54, 1.807) is 0 Å². The van der Waals surface area contributed by atoms with Gasteiger partial charge in [0, 0.05) is 19.0 Å². The smallest absolute Gasteiger partial charge is 0.244 e. The lowest BCUT2D eigenvalue weighted by molar-refractivity contribution is -0.142.